The summed E-state index contributed by atoms with van der Waals surface area (Å²) in [6, 6.07) is 10.4. The number of rotatable bonds is 2. The molecule has 2 rings (SSSR count). The van der Waals surface area contributed by atoms with Crippen molar-refractivity contribution in [3.05, 3.63) is 59.4 Å². The van der Waals surface area contributed by atoms with Crippen LogP contribution in [0, 0.1) is 0 Å². The molecule has 1 aromatic carbocycles. The Hall–Kier alpha value is -1.70. The molecule has 2 nitrogen and oxygen atoms in total. The van der Waals surface area contributed by atoms with Gasteiger partial charge in [0.05, 0.1) is 0 Å². The van der Waals surface area contributed by atoms with Crippen molar-refractivity contribution in [3.63, 3.8) is 0 Å². The number of hydrazine groups is 1. The van der Waals surface area contributed by atoms with Gasteiger partial charge in [-0.3, -0.25) is 0 Å². The standard InChI is InChI=1S/C12H14N2/c1-10-7-8-12(14-13-10)9-11-5-3-2-4-6-11/h2-8,13-14H,9H2,1H3. The van der Waals surface area contributed by atoms with Gasteiger partial charge in [-0.2, -0.15) is 0 Å². The van der Waals surface area contributed by atoms with Crippen LogP contribution in [0.2, 0.25) is 0 Å². The molecule has 0 aliphatic carbocycles. The van der Waals surface area contributed by atoms with E-state index in [0.29, 0.717) is 0 Å². The number of nitrogens with one attached hydrogen (secondary N) is 2. The van der Waals surface area contributed by atoms with E-state index in [1.165, 1.54) is 11.3 Å². The Morgan fingerprint density at radius 2 is 1.79 bits per heavy atom. The Labute approximate surface area is 84.3 Å². The van der Waals surface area contributed by atoms with Crippen LogP contribution in [0.1, 0.15) is 12.5 Å². The summed E-state index contributed by atoms with van der Waals surface area (Å²) < 4.78 is 0. The Balaban J connectivity index is 2.06. The van der Waals surface area contributed by atoms with E-state index >= 15 is 0 Å². The minimum absolute atomic E-state index is 0.942. The Morgan fingerprint density at radius 3 is 2.43 bits per heavy atom. The summed E-state index contributed by atoms with van der Waals surface area (Å²) in [6.07, 6.45) is 5.13. The van der Waals surface area contributed by atoms with E-state index in [2.05, 4.69) is 47.3 Å². The first-order valence-corrected chi connectivity index (χ1v) is 4.78. The Bertz CT molecular complexity index is 363. The number of benzene rings is 1. The Kier molecular flexibility index (Phi) is 2.54. The Morgan fingerprint density at radius 1 is 1.00 bits per heavy atom. The molecule has 0 spiro atoms. The predicted molar refractivity (Wildman–Crippen MR) is 58.3 cm³/mol. The molecular formula is C12H14N2. The van der Waals surface area contributed by atoms with Crippen molar-refractivity contribution in [3.8, 4) is 0 Å². The third-order valence-corrected chi connectivity index (χ3v) is 2.19. The monoisotopic (exact) mass is 186 g/mol. The second-order valence-corrected chi connectivity index (χ2v) is 3.45. The van der Waals surface area contributed by atoms with Gasteiger partial charge in [-0.05, 0) is 24.6 Å². The van der Waals surface area contributed by atoms with Crippen LogP contribution >= 0.6 is 0 Å². The van der Waals surface area contributed by atoms with Crippen LogP contribution in [0.25, 0.3) is 0 Å². The van der Waals surface area contributed by atoms with Gasteiger partial charge in [-0.15, -0.1) is 0 Å². The molecule has 1 aromatic rings. The lowest BCUT2D eigenvalue weighted by Crippen LogP contribution is -2.32. The predicted octanol–water partition coefficient (Wildman–Crippen LogP) is 2.12. The summed E-state index contributed by atoms with van der Waals surface area (Å²) in [5.74, 6) is 0. The van der Waals surface area contributed by atoms with Crippen molar-refractivity contribution in [2.75, 3.05) is 0 Å². The highest BCUT2D eigenvalue weighted by Gasteiger charge is 2.01. The molecule has 14 heavy (non-hydrogen) atoms. The minimum Gasteiger partial charge on any atom is -0.306 e. The number of hydrogen-bond acceptors (Lipinski definition) is 2. The third kappa shape index (κ3) is 2.16. The lowest BCUT2D eigenvalue weighted by Gasteiger charge is -2.17. The lowest BCUT2D eigenvalue weighted by molar-refractivity contribution is 0.661. The maximum Gasteiger partial charge on any atom is 0.0358 e. The molecule has 0 unspecified atom stereocenters. The van der Waals surface area contributed by atoms with Gasteiger partial charge in [-0.1, -0.05) is 30.3 Å². The summed E-state index contributed by atoms with van der Waals surface area (Å²) in [7, 11) is 0. The van der Waals surface area contributed by atoms with E-state index in [-0.39, 0.29) is 0 Å². The van der Waals surface area contributed by atoms with Gasteiger partial charge in [0, 0.05) is 17.8 Å². The van der Waals surface area contributed by atoms with Crippen LogP contribution in [0.3, 0.4) is 0 Å². The van der Waals surface area contributed by atoms with Crippen molar-refractivity contribution in [1.82, 2.24) is 10.9 Å². The second-order valence-electron chi connectivity index (χ2n) is 3.45. The molecule has 0 bridgehead atoms. The summed E-state index contributed by atoms with van der Waals surface area (Å²) in [6.45, 7) is 2.03. The summed E-state index contributed by atoms with van der Waals surface area (Å²) in [5, 5.41) is 0. The molecular weight excluding hydrogens is 172 g/mol. The van der Waals surface area contributed by atoms with E-state index in [1.807, 2.05) is 13.0 Å². The van der Waals surface area contributed by atoms with Crippen molar-refractivity contribution in [2.24, 2.45) is 0 Å². The van der Waals surface area contributed by atoms with Gasteiger partial charge in [0.25, 0.3) is 0 Å². The average molecular weight is 186 g/mol. The van der Waals surface area contributed by atoms with E-state index in [9.17, 15) is 0 Å². The van der Waals surface area contributed by atoms with E-state index < -0.39 is 0 Å². The summed E-state index contributed by atoms with van der Waals surface area (Å²) >= 11 is 0. The first-order chi connectivity index (χ1) is 6.84. The van der Waals surface area contributed by atoms with Gasteiger partial charge in [0.15, 0.2) is 0 Å². The van der Waals surface area contributed by atoms with E-state index in [4.69, 9.17) is 0 Å². The highest BCUT2D eigenvalue weighted by Crippen LogP contribution is 2.07. The fourth-order valence-corrected chi connectivity index (χ4v) is 1.41. The number of allylic oxidation sites excluding steroid dienone is 4. The highest BCUT2D eigenvalue weighted by atomic mass is 15.4. The molecule has 2 N–H and O–H groups in total. The normalized spacial score (nSPS) is 14.9. The lowest BCUT2D eigenvalue weighted by atomic mass is 10.1. The number of hydrogen-bond donors (Lipinski definition) is 2. The van der Waals surface area contributed by atoms with Gasteiger partial charge in [-0.25, -0.2) is 0 Å². The molecule has 0 fully saturated rings. The molecule has 0 radical (unpaired) electrons. The van der Waals surface area contributed by atoms with Crippen molar-refractivity contribution >= 4 is 0 Å². The fourth-order valence-electron chi connectivity index (χ4n) is 1.41. The second kappa shape index (κ2) is 4.01. The largest absolute Gasteiger partial charge is 0.306 e. The van der Waals surface area contributed by atoms with Crippen LogP contribution in [0.15, 0.2) is 53.9 Å². The van der Waals surface area contributed by atoms with Gasteiger partial charge in [0.2, 0.25) is 0 Å². The minimum atomic E-state index is 0.942. The molecule has 2 heteroatoms. The zero-order valence-corrected chi connectivity index (χ0v) is 8.25. The van der Waals surface area contributed by atoms with Crippen LogP contribution in [0.5, 0.6) is 0 Å². The van der Waals surface area contributed by atoms with Crippen LogP contribution in [0.4, 0.5) is 0 Å². The first kappa shape index (κ1) is 8.88. The van der Waals surface area contributed by atoms with Gasteiger partial charge < -0.3 is 10.9 Å². The SMILES string of the molecule is CC1=CC=C(Cc2ccccc2)NN1. The van der Waals surface area contributed by atoms with Crippen molar-refractivity contribution in [2.45, 2.75) is 13.3 Å². The highest BCUT2D eigenvalue weighted by molar-refractivity contribution is 5.26. The molecule has 1 aliphatic heterocycles. The van der Waals surface area contributed by atoms with E-state index in [0.717, 1.165) is 12.1 Å². The molecule has 72 valence electrons. The van der Waals surface area contributed by atoms with Crippen LogP contribution < -0.4 is 10.9 Å². The quantitative estimate of drug-likeness (QED) is 0.739. The van der Waals surface area contributed by atoms with Crippen LogP contribution in [-0.2, 0) is 6.42 Å². The molecule has 1 aliphatic rings. The summed E-state index contributed by atoms with van der Waals surface area (Å²) in [4.78, 5) is 0. The first-order valence-electron chi connectivity index (χ1n) is 4.78. The zero-order valence-electron chi connectivity index (χ0n) is 8.25. The van der Waals surface area contributed by atoms with Gasteiger partial charge in [0.1, 0.15) is 0 Å². The molecule has 0 saturated carbocycles. The maximum absolute atomic E-state index is 3.16. The maximum atomic E-state index is 3.16. The molecule has 0 saturated heterocycles. The molecule has 1 heterocycles. The van der Waals surface area contributed by atoms with E-state index in [1.54, 1.807) is 0 Å². The third-order valence-electron chi connectivity index (χ3n) is 2.19. The van der Waals surface area contributed by atoms with Crippen LogP contribution in [-0.4, -0.2) is 0 Å². The molecule has 0 aromatic heterocycles. The topological polar surface area (TPSA) is 24.1 Å². The summed E-state index contributed by atoms with van der Waals surface area (Å²) in [5.41, 5.74) is 9.91. The molecule has 0 atom stereocenters. The fraction of sp³-hybridized carbons (Fsp3) is 0.167. The molecule has 0 amide bonds. The zero-order chi connectivity index (χ0) is 9.80. The van der Waals surface area contributed by atoms with Crippen molar-refractivity contribution in [1.29, 1.82) is 0 Å². The average Bonchev–Trinajstić information content (AvgIpc) is 2.23. The smallest absolute Gasteiger partial charge is 0.0358 e. The van der Waals surface area contributed by atoms with Crippen molar-refractivity contribution < 1.29 is 0 Å². The van der Waals surface area contributed by atoms with Gasteiger partial charge >= 0.3 is 0 Å².